The van der Waals surface area contributed by atoms with Crippen LogP contribution >= 0.6 is 0 Å². The Morgan fingerprint density at radius 3 is 2.90 bits per heavy atom. The van der Waals surface area contributed by atoms with Gasteiger partial charge in [-0.2, -0.15) is 4.39 Å². The monoisotopic (exact) mass is 288 g/mol. The summed E-state index contributed by atoms with van der Waals surface area (Å²) < 4.78 is 18.9. The number of hydrogen-bond donors (Lipinski definition) is 1. The van der Waals surface area contributed by atoms with Gasteiger partial charge in [-0.15, -0.1) is 0 Å². The second kappa shape index (κ2) is 6.83. The van der Waals surface area contributed by atoms with E-state index in [2.05, 4.69) is 10.3 Å². The van der Waals surface area contributed by atoms with Crippen molar-refractivity contribution in [1.29, 1.82) is 0 Å². The Balaban J connectivity index is 2.11. The van der Waals surface area contributed by atoms with Crippen LogP contribution in [0.1, 0.15) is 35.8 Å². The second-order valence-corrected chi connectivity index (χ2v) is 4.54. The summed E-state index contributed by atoms with van der Waals surface area (Å²) in [5.74, 6) is -0.524. The molecule has 0 radical (unpaired) electrons. The van der Waals surface area contributed by atoms with E-state index < -0.39 is 11.9 Å². The molecule has 5 heteroatoms. The molecule has 0 fully saturated rings. The van der Waals surface area contributed by atoms with Gasteiger partial charge in [0.2, 0.25) is 5.95 Å². The van der Waals surface area contributed by atoms with E-state index in [0.717, 1.165) is 11.3 Å². The summed E-state index contributed by atoms with van der Waals surface area (Å²) in [7, 11) is 0. The number of nitrogens with zero attached hydrogens (tertiary/aromatic N) is 1. The van der Waals surface area contributed by atoms with Gasteiger partial charge in [0.15, 0.2) is 0 Å². The van der Waals surface area contributed by atoms with Gasteiger partial charge in [0, 0.05) is 6.20 Å². The van der Waals surface area contributed by atoms with Gasteiger partial charge in [0.25, 0.3) is 5.91 Å². The maximum absolute atomic E-state index is 13.5. The summed E-state index contributed by atoms with van der Waals surface area (Å²) in [6.45, 7) is 4.31. The van der Waals surface area contributed by atoms with E-state index in [1.807, 2.05) is 38.1 Å². The molecule has 0 aliphatic rings. The molecule has 1 N–H and O–H groups in total. The summed E-state index contributed by atoms with van der Waals surface area (Å²) in [5, 5.41) is 2.75. The zero-order chi connectivity index (χ0) is 15.2. The number of amides is 1. The van der Waals surface area contributed by atoms with Crippen LogP contribution < -0.4 is 10.1 Å². The third-order valence-electron chi connectivity index (χ3n) is 3.02. The normalized spacial score (nSPS) is 11.8. The fourth-order valence-corrected chi connectivity index (χ4v) is 1.95. The number of aromatic nitrogens is 1. The molecular weight excluding hydrogens is 271 g/mol. The summed E-state index contributed by atoms with van der Waals surface area (Å²) in [6.07, 6.45) is 1.31. The number of pyridine rings is 1. The lowest BCUT2D eigenvalue weighted by Crippen LogP contribution is -2.27. The van der Waals surface area contributed by atoms with Crippen LogP contribution in [0.25, 0.3) is 0 Å². The van der Waals surface area contributed by atoms with Crippen LogP contribution in [0.4, 0.5) is 4.39 Å². The van der Waals surface area contributed by atoms with Gasteiger partial charge in [0.1, 0.15) is 5.75 Å². The highest BCUT2D eigenvalue weighted by molar-refractivity contribution is 5.94. The minimum Gasteiger partial charge on any atom is -0.494 e. The van der Waals surface area contributed by atoms with Gasteiger partial charge >= 0.3 is 0 Å². The maximum Gasteiger partial charge on any atom is 0.256 e. The van der Waals surface area contributed by atoms with E-state index in [0.29, 0.717) is 6.61 Å². The van der Waals surface area contributed by atoms with Crippen LogP contribution in [0.2, 0.25) is 0 Å². The lowest BCUT2D eigenvalue weighted by atomic mass is 10.1. The first-order valence-corrected chi connectivity index (χ1v) is 6.76. The van der Waals surface area contributed by atoms with Gasteiger partial charge in [-0.05, 0) is 43.7 Å². The topological polar surface area (TPSA) is 51.2 Å². The van der Waals surface area contributed by atoms with E-state index in [1.165, 1.54) is 18.3 Å². The molecule has 0 bridgehead atoms. The van der Waals surface area contributed by atoms with Crippen molar-refractivity contribution in [1.82, 2.24) is 10.3 Å². The first-order chi connectivity index (χ1) is 10.1. The molecule has 2 rings (SSSR count). The molecule has 4 nitrogen and oxygen atoms in total. The Bertz CT molecular complexity index is 631. The number of halogens is 1. The largest absolute Gasteiger partial charge is 0.494 e. The van der Waals surface area contributed by atoms with Crippen LogP contribution in [-0.2, 0) is 0 Å². The van der Waals surface area contributed by atoms with Gasteiger partial charge in [-0.25, -0.2) is 4.98 Å². The standard InChI is InChI=1S/C16H17FN2O2/c1-3-21-13-7-4-6-12(10-13)11(2)19-16(20)14-8-5-9-18-15(14)17/h4-11H,3H2,1-2H3,(H,19,20)/t11-/m1/s1. The molecule has 1 atom stereocenters. The quantitative estimate of drug-likeness (QED) is 0.860. The molecule has 110 valence electrons. The number of hydrogen-bond acceptors (Lipinski definition) is 3. The Morgan fingerprint density at radius 1 is 1.38 bits per heavy atom. The Labute approximate surface area is 123 Å². The minimum atomic E-state index is -0.773. The number of ether oxygens (including phenoxy) is 1. The molecule has 0 aliphatic carbocycles. The smallest absolute Gasteiger partial charge is 0.256 e. The van der Waals surface area contributed by atoms with Gasteiger partial charge in [-0.3, -0.25) is 4.79 Å². The van der Waals surface area contributed by atoms with Crippen molar-refractivity contribution in [3.63, 3.8) is 0 Å². The minimum absolute atomic E-state index is 0.0645. The first-order valence-electron chi connectivity index (χ1n) is 6.76. The third kappa shape index (κ3) is 3.78. The highest BCUT2D eigenvalue weighted by atomic mass is 19.1. The molecule has 1 heterocycles. The molecule has 0 aliphatic heterocycles. The van der Waals surface area contributed by atoms with Crippen molar-refractivity contribution in [2.45, 2.75) is 19.9 Å². The number of nitrogens with one attached hydrogen (secondary N) is 1. The van der Waals surface area contributed by atoms with E-state index in [-0.39, 0.29) is 11.6 Å². The molecule has 2 aromatic rings. The van der Waals surface area contributed by atoms with Crippen LogP contribution in [0.3, 0.4) is 0 Å². The molecule has 0 unspecified atom stereocenters. The highest BCUT2D eigenvalue weighted by Crippen LogP contribution is 2.19. The van der Waals surface area contributed by atoms with E-state index in [4.69, 9.17) is 4.74 Å². The molecule has 0 saturated carbocycles. The molecule has 0 saturated heterocycles. The molecular formula is C16H17FN2O2. The lowest BCUT2D eigenvalue weighted by molar-refractivity contribution is 0.0935. The van der Waals surface area contributed by atoms with Crippen LogP contribution in [0, 0.1) is 5.95 Å². The highest BCUT2D eigenvalue weighted by Gasteiger charge is 2.15. The number of benzene rings is 1. The summed E-state index contributed by atoms with van der Waals surface area (Å²) in [6, 6.07) is 10.1. The number of carbonyl (C=O) groups excluding carboxylic acids is 1. The third-order valence-corrected chi connectivity index (χ3v) is 3.02. The zero-order valence-corrected chi connectivity index (χ0v) is 12.0. The van der Waals surface area contributed by atoms with Crippen molar-refractivity contribution >= 4 is 5.91 Å². The fourth-order valence-electron chi connectivity index (χ4n) is 1.95. The average molecular weight is 288 g/mol. The van der Waals surface area contributed by atoms with E-state index in [9.17, 15) is 9.18 Å². The Hall–Kier alpha value is -2.43. The number of rotatable bonds is 5. The molecule has 0 spiro atoms. The first kappa shape index (κ1) is 15.0. The Kier molecular flexibility index (Phi) is 4.87. The summed E-state index contributed by atoms with van der Waals surface area (Å²) >= 11 is 0. The average Bonchev–Trinajstić information content (AvgIpc) is 2.48. The molecule has 1 aromatic carbocycles. The predicted molar refractivity (Wildman–Crippen MR) is 77.7 cm³/mol. The zero-order valence-electron chi connectivity index (χ0n) is 12.0. The Morgan fingerprint density at radius 2 is 2.19 bits per heavy atom. The van der Waals surface area contributed by atoms with Crippen molar-refractivity contribution in [2.24, 2.45) is 0 Å². The SMILES string of the molecule is CCOc1cccc([C@@H](C)NC(=O)c2cccnc2F)c1. The van der Waals surface area contributed by atoms with Crippen LogP contribution in [-0.4, -0.2) is 17.5 Å². The van der Waals surface area contributed by atoms with Crippen molar-refractivity contribution in [3.05, 3.63) is 59.7 Å². The van der Waals surface area contributed by atoms with Crippen LogP contribution in [0.15, 0.2) is 42.6 Å². The van der Waals surface area contributed by atoms with E-state index in [1.54, 1.807) is 0 Å². The van der Waals surface area contributed by atoms with Crippen molar-refractivity contribution in [3.8, 4) is 5.75 Å². The van der Waals surface area contributed by atoms with Gasteiger partial charge in [-0.1, -0.05) is 12.1 Å². The van der Waals surface area contributed by atoms with Gasteiger partial charge in [0.05, 0.1) is 18.2 Å². The lowest BCUT2D eigenvalue weighted by Gasteiger charge is -2.15. The second-order valence-electron chi connectivity index (χ2n) is 4.54. The molecule has 1 aromatic heterocycles. The van der Waals surface area contributed by atoms with Gasteiger partial charge < -0.3 is 10.1 Å². The number of carbonyl (C=O) groups is 1. The van der Waals surface area contributed by atoms with Crippen molar-refractivity contribution < 1.29 is 13.9 Å². The van der Waals surface area contributed by atoms with Crippen molar-refractivity contribution in [2.75, 3.05) is 6.61 Å². The fraction of sp³-hybridized carbons (Fsp3) is 0.250. The predicted octanol–water partition coefficient (Wildman–Crippen LogP) is 3.11. The summed E-state index contributed by atoms with van der Waals surface area (Å²) in [5.41, 5.74) is 0.823. The maximum atomic E-state index is 13.5. The van der Waals surface area contributed by atoms with Crippen LogP contribution in [0.5, 0.6) is 5.75 Å². The molecule has 21 heavy (non-hydrogen) atoms. The van der Waals surface area contributed by atoms with E-state index >= 15 is 0 Å². The summed E-state index contributed by atoms with van der Waals surface area (Å²) in [4.78, 5) is 15.5. The molecule has 1 amide bonds.